The lowest BCUT2D eigenvalue weighted by molar-refractivity contribution is -0.158. The molecule has 2 amide bonds. The molecule has 2 fully saturated rings. The Balaban J connectivity index is 1.71. The van der Waals surface area contributed by atoms with Crippen LogP contribution in [0.2, 0.25) is 0 Å². The maximum absolute atomic E-state index is 13.4. The summed E-state index contributed by atoms with van der Waals surface area (Å²) >= 11 is 0. The van der Waals surface area contributed by atoms with Crippen molar-refractivity contribution in [2.75, 3.05) is 31.1 Å². The van der Waals surface area contributed by atoms with E-state index in [-0.39, 0.29) is 31.2 Å². The van der Waals surface area contributed by atoms with Crippen molar-refractivity contribution in [1.29, 1.82) is 0 Å². The molecule has 8 nitrogen and oxygen atoms in total. The van der Waals surface area contributed by atoms with Crippen molar-refractivity contribution in [3.63, 3.8) is 0 Å². The second kappa shape index (κ2) is 8.18. The molecule has 0 spiro atoms. The van der Waals surface area contributed by atoms with Gasteiger partial charge in [-0.15, -0.1) is 0 Å². The predicted molar refractivity (Wildman–Crippen MR) is 106 cm³/mol. The Kier molecular flexibility index (Phi) is 6.09. The average Bonchev–Trinajstić information content (AvgIpc) is 3.11. The van der Waals surface area contributed by atoms with Crippen LogP contribution < -0.4 is 10.2 Å². The molecule has 0 radical (unpaired) electrons. The van der Waals surface area contributed by atoms with E-state index in [0.717, 1.165) is 18.3 Å². The molecule has 2 heterocycles. The minimum Gasteiger partial charge on any atom is -0.465 e. The number of anilines is 1. The van der Waals surface area contributed by atoms with Crippen molar-refractivity contribution in [1.82, 2.24) is 15.2 Å². The van der Waals surface area contributed by atoms with Crippen LogP contribution in [0.4, 0.5) is 23.8 Å². The van der Waals surface area contributed by atoms with Gasteiger partial charge in [0.1, 0.15) is 5.82 Å². The third kappa shape index (κ3) is 4.70. The largest absolute Gasteiger partial charge is 0.465 e. The molecule has 31 heavy (non-hydrogen) atoms. The number of carboxylic acid groups (broad SMARTS) is 1. The number of carbonyl (C=O) groups is 2. The van der Waals surface area contributed by atoms with Crippen molar-refractivity contribution in [2.45, 2.75) is 50.9 Å². The Labute approximate surface area is 178 Å². The number of hydrogen-bond donors (Lipinski definition) is 3. The van der Waals surface area contributed by atoms with Gasteiger partial charge in [-0.05, 0) is 45.2 Å². The van der Waals surface area contributed by atoms with Gasteiger partial charge in [0.15, 0.2) is 0 Å². The summed E-state index contributed by atoms with van der Waals surface area (Å²) in [5, 5.41) is 22.2. The molecule has 0 bridgehead atoms. The highest BCUT2D eigenvalue weighted by atomic mass is 19.4. The van der Waals surface area contributed by atoms with Crippen molar-refractivity contribution >= 4 is 17.8 Å². The minimum atomic E-state index is -4.46. The molecule has 3 N–H and O–H groups in total. The molecular weight excluding hydrogens is 417 g/mol. The molecule has 172 valence electrons. The van der Waals surface area contributed by atoms with Crippen LogP contribution in [0.5, 0.6) is 0 Å². The molecule has 1 saturated carbocycles. The second-order valence-corrected chi connectivity index (χ2v) is 8.71. The zero-order valence-corrected chi connectivity index (χ0v) is 17.4. The van der Waals surface area contributed by atoms with Crippen molar-refractivity contribution < 1.29 is 33.0 Å². The Bertz CT molecular complexity index is 834. The summed E-state index contributed by atoms with van der Waals surface area (Å²) in [6.07, 6.45) is -3.54. The maximum Gasteiger partial charge on any atom is 0.416 e. The van der Waals surface area contributed by atoms with E-state index in [1.165, 1.54) is 0 Å². The normalized spacial score (nSPS) is 24.9. The lowest BCUT2D eigenvalue weighted by Crippen LogP contribution is -2.58. The third-order valence-corrected chi connectivity index (χ3v) is 6.39. The van der Waals surface area contributed by atoms with Crippen LogP contribution in [-0.4, -0.2) is 69.9 Å². The smallest absolute Gasteiger partial charge is 0.416 e. The van der Waals surface area contributed by atoms with Crippen LogP contribution in [0.1, 0.15) is 38.7 Å². The molecule has 1 saturated heterocycles. The van der Waals surface area contributed by atoms with Gasteiger partial charge in [-0.25, -0.2) is 9.78 Å². The monoisotopic (exact) mass is 444 g/mol. The van der Waals surface area contributed by atoms with Gasteiger partial charge in [-0.3, -0.25) is 4.79 Å². The van der Waals surface area contributed by atoms with Gasteiger partial charge in [0.2, 0.25) is 5.91 Å². The van der Waals surface area contributed by atoms with E-state index in [0.29, 0.717) is 25.9 Å². The molecule has 0 aromatic carbocycles. The standard InChI is InChI=1S/C20H27F3N4O4/c1-18(2,31)19(5-3-14(12-19)25-17(29)30)16(28)27-9-7-26(8-10-27)15-11-13(4-6-24-15)20(21,22)23/h4,6,11,14,25,31H,3,5,7-10,12H2,1-2H3,(H,29,30)/t14?,19-/m0/s1. The van der Waals surface area contributed by atoms with Gasteiger partial charge < -0.3 is 25.3 Å². The predicted octanol–water partition coefficient (Wildman–Crippen LogP) is 2.33. The first kappa shape index (κ1) is 23.1. The van der Waals surface area contributed by atoms with E-state index >= 15 is 0 Å². The number of aliphatic hydroxyl groups is 1. The zero-order valence-electron chi connectivity index (χ0n) is 17.4. The van der Waals surface area contributed by atoms with Gasteiger partial charge in [0.05, 0.1) is 16.6 Å². The van der Waals surface area contributed by atoms with E-state index in [1.54, 1.807) is 23.6 Å². The van der Waals surface area contributed by atoms with Crippen LogP contribution in [0, 0.1) is 5.41 Å². The number of carbonyl (C=O) groups excluding carboxylic acids is 1. The fourth-order valence-electron chi connectivity index (χ4n) is 4.56. The Morgan fingerprint density at radius 3 is 2.42 bits per heavy atom. The quantitative estimate of drug-likeness (QED) is 0.658. The summed E-state index contributed by atoms with van der Waals surface area (Å²) in [6.45, 7) is 4.25. The first-order valence-corrected chi connectivity index (χ1v) is 10.1. The highest BCUT2D eigenvalue weighted by Gasteiger charge is 2.56. The number of pyridine rings is 1. The lowest BCUT2D eigenvalue weighted by Gasteiger charge is -2.45. The molecule has 2 aliphatic rings. The number of aromatic nitrogens is 1. The summed E-state index contributed by atoms with van der Waals surface area (Å²) in [4.78, 5) is 31.8. The number of amides is 2. The summed E-state index contributed by atoms with van der Waals surface area (Å²) in [5.74, 6) is -0.0583. The van der Waals surface area contributed by atoms with Crippen molar-refractivity contribution in [2.24, 2.45) is 5.41 Å². The van der Waals surface area contributed by atoms with Crippen LogP contribution in [0.25, 0.3) is 0 Å². The van der Waals surface area contributed by atoms with Crippen molar-refractivity contribution in [3.05, 3.63) is 23.9 Å². The first-order chi connectivity index (χ1) is 14.3. The van der Waals surface area contributed by atoms with Gasteiger partial charge in [0, 0.05) is 38.4 Å². The highest BCUT2D eigenvalue weighted by Crippen LogP contribution is 2.48. The molecule has 1 aromatic rings. The Hall–Kier alpha value is -2.56. The molecule has 11 heteroatoms. The molecule has 2 atom stereocenters. The van der Waals surface area contributed by atoms with Gasteiger partial charge >= 0.3 is 12.3 Å². The molecule has 1 unspecified atom stereocenters. The van der Waals surface area contributed by atoms with Gasteiger partial charge in [-0.2, -0.15) is 13.2 Å². The van der Waals surface area contributed by atoms with Crippen LogP contribution in [-0.2, 0) is 11.0 Å². The zero-order chi connectivity index (χ0) is 23.0. The number of nitrogens with one attached hydrogen (secondary N) is 1. The van der Waals surface area contributed by atoms with Gasteiger partial charge in [0.25, 0.3) is 0 Å². The van der Waals surface area contributed by atoms with Crippen molar-refractivity contribution in [3.8, 4) is 0 Å². The van der Waals surface area contributed by atoms with E-state index in [9.17, 15) is 27.9 Å². The second-order valence-electron chi connectivity index (χ2n) is 8.71. The molecule has 1 aromatic heterocycles. The fraction of sp³-hybridized carbons (Fsp3) is 0.650. The fourth-order valence-corrected chi connectivity index (χ4v) is 4.56. The number of rotatable bonds is 4. The molecule has 1 aliphatic carbocycles. The molecular formula is C20H27F3N4O4. The highest BCUT2D eigenvalue weighted by molar-refractivity contribution is 5.85. The summed E-state index contributed by atoms with van der Waals surface area (Å²) in [7, 11) is 0. The maximum atomic E-state index is 13.4. The van der Waals surface area contributed by atoms with Crippen LogP contribution in [0.15, 0.2) is 18.3 Å². The average molecular weight is 444 g/mol. The minimum absolute atomic E-state index is 0.191. The number of hydrogen-bond acceptors (Lipinski definition) is 5. The summed E-state index contributed by atoms with van der Waals surface area (Å²) in [6, 6.07) is 1.48. The van der Waals surface area contributed by atoms with Crippen LogP contribution >= 0.6 is 0 Å². The van der Waals surface area contributed by atoms with Crippen LogP contribution in [0.3, 0.4) is 0 Å². The Morgan fingerprint density at radius 1 is 1.23 bits per heavy atom. The Morgan fingerprint density at radius 2 is 1.87 bits per heavy atom. The lowest BCUT2D eigenvalue weighted by atomic mass is 9.70. The van der Waals surface area contributed by atoms with E-state index in [1.807, 2.05) is 0 Å². The molecule has 1 aliphatic heterocycles. The number of alkyl halides is 3. The van der Waals surface area contributed by atoms with E-state index < -0.39 is 34.9 Å². The summed E-state index contributed by atoms with van der Waals surface area (Å²) in [5.41, 5.74) is -3.27. The van der Waals surface area contributed by atoms with E-state index in [4.69, 9.17) is 5.11 Å². The first-order valence-electron chi connectivity index (χ1n) is 10.1. The number of piperazine rings is 1. The van der Waals surface area contributed by atoms with E-state index in [2.05, 4.69) is 10.3 Å². The number of halogens is 3. The summed E-state index contributed by atoms with van der Waals surface area (Å²) < 4.78 is 38.9. The SMILES string of the molecule is CC(C)(O)[C@@]1(C(=O)N2CCN(c3cc(C(F)(F)F)ccn3)CC2)CCC(NC(=O)O)C1. The third-order valence-electron chi connectivity index (χ3n) is 6.39. The topological polar surface area (TPSA) is 106 Å². The van der Waals surface area contributed by atoms with Gasteiger partial charge in [-0.1, -0.05) is 0 Å². The number of nitrogens with zero attached hydrogens (tertiary/aromatic N) is 3. The molecule has 3 rings (SSSR count).